The van der Waals surface area contributed by atoms with Gasteiger partial charge in [-0.2, -0.15) is 0 Å². The summed E-state index contributed by atoms with van der Waals surface area (Å²) < 4.78 is 40.3. The maximum atomic E-state index is 14.7. The lowest BCUT2D eigenvalue weighted by Gasteiger charge is -2.22. The minimum atomic E-state index is -1.10. The molecule has 1 N–H and O–H groups in total. The summed E-state index contributed by atoms with van der Waals surface area (Å²) in [6.07, 6.45) is 0. The number of anilines is 1. The second kappa shape index (κ2) is 10.2. The molecule has 198 valence electrons. The Morgan fingerprint density at radius 1 is 1.13 bits per heavy atom. The Morgan fingerprint density at radius 2 is 1.84 bits per heavy atom. The van der Waals surface area contributed by atoms with Crippen molar-refractivity contribution in [2.75, 3.05) is 5.32 Å². The Bertz CT molecular complexity index is 1630. The highest BCUT2D eigenvalue weighted by Gasteiger charge is 2.25. The van der Waals surface area contributed by atoms with Gasteiger partial charge in [0.25, 0.3) is 0 Å². The van der Waals surface area contributed by atoms with Crippen LogP contribution in [0.4, 0.5) is 14.5 Å². The van der Waals surface area contributed by atoms with Crippen LogP contribution < -0.4 is 10.7 Å². The van der Waals surface area contributed by atoms with Crippen LogP contribution in [0.15, 0.2) is 51.7 Å². The van der Waals surface area contributed by atoms with Gasteiger partial charge in [-0.3, -0.25) is 4.79 Å². The molecule has 6 nitrogen and oxygen atoms in total. The predicted octanol–water partition coefficient (Wildman–Crippen LogP) is 7.53. The SMILES string of the molecule is Cc1cc([C@@H](C)Nc2ccc(Cl)nc2C(=O)OC(C)(C)C)c2oc(-c3cccc(F)c3F)c(C)c(=O)c2c1. The summed E-state index contributed by atoms with van der Waals surface area (Å²) in [5, 5.41) is 3.65. The number of carbonyl (C=O) groups excluding carboxylic acids is 1. The van der Waals surface area contributed by atoms with E-state index in [2.05, 4.69) is 10.3 Å². The van der Waals surface area contributed by atoms with Crippen molar-refractivity contribution in [2.45, 2.75) is 53.2 Å². The van der Waals surface area contributed by atoms with Gasteiger partial charge in [-0.05, 0) is 77.4 Å². The van der Waals surface area contributed by atoms with Crippen molar-refractivity contribution in [3.8, 4) is 11.3 Å². The lowest BCUT2D eigenvalue weighted by atomic mass is 9.98. The average molecular weight is 541 g/mol. The highest BCUT2D eigenvalue weighted by molar-refractivity contribution is 6.29. The third-order valence-corrected chi connectivity index (χ3v) is 6.09. The Kier molecular flexibility index (Phi) is 7.30. The molecule has 0 unspecified atom stereocenters. The molecule has 0 spiro atoms. The number of halogens is 3. The van der Waals surface area contributed by atoms with E-state index in [0.717, 1.165) is 11.6 Å². The average Bonchev–Trinajstić information content (AvgIpc) is 2.83. The monoisotopic (exact) mass is 540 g/mol. The minimum absolute atomic E-state index is 0.00366. The first-order chi connectivity index (χ1) is 17.8. The minimum Gasteiger partial charge on any atom is -0.455 e. The van der Waals surface area contributed by atoms with E-state index in [0.29, 0.717) is 16.6 Å². The van der Waals surface area contributed by atoms with Gasteiger partial charge in [0.15, 0.2) is 22.8 Å². The maximum Gasteiger partial charge on any atom is 0.359 e. The number of hydrogen-bond acceptors (Lipinski definition) is 6. The zero-order chi connectivity index (χ0) is 27.9. The van der Waals surface area contributed by atoms with Crippen molar-refractivity contribution in [3.05, 3.63) is 91.9 Å². The van der Waals surface area contributed by atoms with Crippen LogP contribution in [0.3, 0.4) is 0 Å². The van der Waals surface area contributed by atoms with E-state index in [1.165, 1.54) is 25.1 Å². The van der Waals surface area contributed by atoms with Crippen LogP contribution in [0.2, 0.25) is 5.15 Å². The quantitative estimate of drug-likeness (QED) is 0.208. The second-order valence-electron chi connectivity index (χ2n) is 10.1. The van der Waals surface area contributed by atoms with Gasteiger partial charge in [0, 0.05) is 11.1 Å². The molecule has 0 bridgehead atoms. The van der Waals surface area contributed by atoms with Gasteiger partial charge < -0.3 is 14.5 Å². The van der Waals surface area contributed by atoms with E-state index in [1.807, 2.05) is 19.9 Å². The number of ether oxygens (including phenoxy) is 1. The number of benzene rings is 2. The van der Waals surface area contributed by atoms with E-state index in [-0.39, 0.29) is 38.7 Å². The summed E-state index contributed by atoms with van der Waals surface area (Å²) >= 11 is 6.06. The zero-order valence-electron chi connectivity index (χ0n) is 21.8. The predicted molar refractivity (Wildman–Crippen MR) is 144 cm³/mol. The second-order valence-corrected chi connectivity index (χ2v) is 10.5. The van der Waals surface area contributed by atoms with Crippen LogP contribution in [0.5, 0.6) is 0 Å². The molecule has 1 atom stereocenters. The highest BCUT2D eigenvalue weighted by Crippen LogP contribution is 2.34. The fourth-order valence-corrected chi connectivity index (χ4v) is 4.32. The number of hydrogen-bond donors (Lipinski definition) is 1. The molecular weight excluding hydrogens is 514 g/mol. The molecule has 0 saturated carbocycles. The first kappa shape index (κ1) is 27.3. The summed E-state index contributed by atoms with van der Waals surface area (Å²) in [7, 11) is 0. The fraction of sp³-hybridized carbons (Fsp3) is 0.276. The van der Waals surface area contributed by atoms with Crippen molar-refractivity contribution in [2.24, 2.45) is 0 Å². The number of nitrogens with one attached hydrogen (secondary N) is 1. The molecule has 4 rings (SSSR count). The summed E-state index contributed by atoms with van der Waals surface area (Å²) in [4.78, 5) is 30.3. The van der Waals surface area contributed by atoms with Crippen LogP contribution in [0.1, 0.15) is 60.9 Å². The number of aromatic nitrogens is 1. The largest absolute Gasteiger partial charge is 0.455 e. The zero-order valence-corrected chi connectivity index (χ0v) is 22.6. The molecule has 0 radical (unpaired) electrons. The van der Waals surface area contributed by atoms with Crippen molar-refractivity contribution in [1.82, 2.24) is 4.98 Å². The Hall–Kier alpha value is -3.78. The van der Waals surface area contributed by atoms with Crippen molar-refractivity contribution in [3.63, 3.8) is 0 Å². The van der Waals surface area contributed by atoms with Gasteiger partial charge in [-0.1, -0.05) is 23.7 Å². The van der Waals surface area contributed by atoms with E-state index in [1.54, 1.807) is 32.9 Å². The third-order valence-electron chi connectivity index (χ3n) is 5.88. The molecule has 2 aromatic heterocycles. The van der Waals surface area contributed by atoms with E-state index >= 15 is 0 Å². The van der Waals surface area contributed by atoms with E-state index in [9.17, 15) is 18.4 Å². The number of esters is 1. The molecule has 0 saturated heterocycles. The molecule has 0 aliphatic rings. The van der Waals surface area contributed by atoms with Gasteiger partial charge in [-0.25, -0.2) is 18.6 Å². The Morgan fingerprint density at radius 3 is 2.53 bits per heavy atom. The molecule has 2 aromatic carbocycles. The number of fused-ring (bicyclic) bond motifs is 1. The van der Waals surface area contributed by atoms with Crippen LogP contribution >= 0.6 is 11.6 Å². The standard InChI is InChI=1S/C29H27ClF2N2O4/c1-14-12-18(16(3)33-21-10-11-22(30)34-24(21)28(36)38-29(4,5)6)27-19(13-14)25(35)15(2)26(37-27)17-8-7-9-20(31)23(17)32/h7-13,16,33H,1-6H3/t16-/m1/s1. The van der Waals surface area contributed by atoms with Gasteiger partial charge in [0.05, 0.1) is 22.7 Å². The Labute approximate surface area is 223 Å². The molecule has 0 aliphatic heterocycles. The van der Waals surface area contributed by atoms with Gasteiger partial charge in [-0.15, -0.1) is 0 Å². The molecule has 0 amide bonds. The number of pyridine rings is 1. The maximum absolute atomic E-state index is 14.7. The van der Waals surface area contributed by atoms with Gasteiger partial charge >= 0.3 is 5.97 Å². The lowest BCUT2D eigenvalue weighted by Crippen LogP contribution is -2.25. The van der Waals surface area contributed by atoms with Crippen molar-refractivity contribution in [1.29, 1.82) is 0 Å². The smallest absolute Gasteiger partial charge is 0.359 e. The third kappa shape index (κ3) is 5.41. The summed E-state index contributed by atoms with van der Waals surface area (Å²) in [6.45, 7) is 10.4. The van der Waals surface area contributed by atoms with Crippen molar-refractivity contribution < 1.29 is 22.7 Å². The summed E-state index contributed by atoms with van der Waals surface area (Å²) in [6, 6.07) is 9.84. The van der Waals surface area contributed by atoms with E-state index < -0.39 is 29.2 Å². The molecular formula is C29H27ClF2N2O4. The van der Waals surface area contributed by atoms with Crippen molar-refractivity contribution >= 4 is 34.2 Å². The summed E-state index contributed by atoms with van der Waals surface area (Å²) in [5.74, 6) is -2.87. The number of nitrogens with zero attached hydrogens (tertiary/aromatic N) is 1. The molecule has 9 heteroatoms. The van der Waals surface area contributed by atoms with E-state index in [4.69, 9.17) is 20.8 Å². The first-order valence-corrected chi connectivity index (χ1v) is 12.3. The van der Waals surface area contributed by atoms with Gasteiger partial charge in [0.1, 0.15) is 22.1 Å². The lowest BCUT2D eigenvalue weighted by molar-refractivity contribution is 0.00640. The number of aryl methyl sites for hydroxylation is 1. The van der Waals surface area contributed by atoms with Crippen LogP contribution in [0.25, 0.3) is 22.3 Å². The normalized spacial score (nSPS) is 12.4. The van der Waals surface area contributed by atoms with Gasteiger partial charge in [0.2, 0.25) is 0 Å². The fourth-order valence-electron chi connectivity index (χ4n) is 4.17. The molecule has 38 heavy (non-hydrogen) atoms. The molecule has 4 aromatic rings. The Balaban J connectivity index is 1.85. The molecule has 0 aliphatic carbocycles. The highest BCUT2D eigenvalue weighted by atomic mass is 35.5. The topological polar surface area (TPSA) is 81.4 Å². The number of rotatable bonds is 5. The number of carbonyl (C=O) groups is 1. The summed E-state index contributed by atoms with van der Waals surface area (Å²) in [5.41, 5.74) is 0.832. The molecule has 2 heterocycles. The van der Waals surface area contributed by atoms with Crippen LogP contribution in [-0.2, 0) is 4.74 Å². The first-order valence-electron chi connectivity index (χ1n) is 12.0. The van der Waals surface area contributed by atoms with Crippen LogP contribution in [-0.4, -0.2) is 16.6 Å². The molecule has 0 fully saturated rings. The van der Waals surface area contributed by atoms with Crippen LogP contribution in [0, 0.1) is 25.5 Å².